The first-order chi connectivity index (χ1) is 27.4. The molecule has 10 nitrogen and oxygen atoms in total. The van der Waals surface area contributed by atoms with Crippen molar-refractivity contribution in [2.45, 2.75) is 161 Å². The number of likely N-dealkylation sites (N-methyl/N-ethyl adjacent to an activating group) is 1. The lowest BCUT2D eigenvalue weighted by atomic mass is 10.1. The highest BCUT2D eigenvalue weighted by Crippen LogP contribution is 2.43. The minimum atomic E-state index is -4.43. The van der Waals surface area contributed by atoms with E-state index in [0.717, 1.165) is 64.2 Å². The second kappa shape index (κ2) is 37.7. The number of ether oxygens (including phenoxy) is 2. The standard InChI is InChI=1S/C46H80NO9P/c1-6-8-10-12-14-16-18-20-21-23-25-27-29-31-33-37-45(49)53-41-44(42-55-57(51,52)54-40-39-47(3,4)5)56-46(50)38-34-36-43(48)35-32-30-28-26-24-22-19-17-15-13-11-9-7-2/h8,10,14,16,20-22,24,28,30,32,35,43-44,48H,6-7,9,11-13,15,17-19,23,25-27,29,31,33-34,36-42H2,1-5H3/p+1/b10-8-,16-14-,21-20-,24-22+,30-28+,35-32+/t43?,44-/m1/s1. The van der Waals surface area contributed by atoms with Crippen LogP contribution < -0.4 is 0 Å². The number of aliphatic hydroxyl groups excluding tert-OH is 1. The smallest absolute Gasteiger partial charge is 0.462 e. The molecule has 3 atom stereocenters. The number of phosphoric ester groups is 1. The molecule has 0 saturated carbocycles. The molecule has 0 aromatic carbocycles. The largest absolute Gasteiger partial charge is 0.472 e. The summed E-state index contributed by atoms with van der Waals surface area (Å²) in [6.07, 6.45) is 42.7. The Morgan fingerprint density at radius 1 is 0.649 bits per heavy atom. The third kappa shape index (κ3) is 41.4. The van der Waals surface area contributed by atoms with Gasteiger partial charge in [0, 0.05) is 12.8 Å². The van der Waals surface area contributed by atoms with E-state index >= 15 is 0 Å². The summed E-state index contributed by atoms with van der Waals surface area (Å²) >= 11 is 0. The molecular weight excluding hydrogens is 741 g/mol. The van der Waals surface area contributed by atoms with E-state index in [1.807, 2.05) is 33.3 Å². The zero-order valence-corrected chi connectivity index (χ0v) is 37.3. The van der Waals surface area contributed by atoms with Crippen LogP contribution in [0.4, 0.5) is 0 Å². The molecule has 0 rings (SSSR count). The predicted molar refractivity (Wildman–Crippen MR) is 235 cm³/mol. The van der Waals surface area contributed by atoms with Gasteiger partial charge in [0.15, 0.2) is 6.10 Å². The Hall–Kier alpha value is -2.59. The SMILES string of the molecule is CC/C=C\C/C=C\C/C=C\CCCCCCCC(=O)OC[C@H](COP(=O)(O)OCC[N+](C)(C)C)OC(=O)CCCC(O)/C=C/C=C/C/C=C/CCCCCCCC. The Labute approximate surface area is 347 Å². The third-order valence-electron chi connectivity index (χ3n) is 8.82. The molecule has 0 aromatic heterocycles. The number of hydrogen-bond acceptors (Lipinski definition) is 8. The summed E-state index contributed by atoms with van der Waals surface area (Å²) in [5, 5.41) is 10.3. The molecule has 0 radical (unpaired) electrons. The van der Waals surface area contributed by atoms with E-state index in [9.17, 15) is 24.2 Å². The molecule has 0 fully saturated rings. The first-order valence-corrected chi connectivity index (χ1v) is 23.3. The Morgan fingerprint density at radius 2 is 1.21 bits per heavy atom. The van der Waals surface area contributed by atoms with Gasteiger partial charge in [0.1, 0.15) is 19.8 Å². The molecule has 2 N–H and O–H groups in total. The van der Waals surface area contributed by atoms with Crippen molar-refractivity contribution in [3.8, 4) is 0 Å². The van der Waals surface area contributed by atoms with Crippen molar-refractivity contribution in [2.75, 3.05) is 47.5 Å². The topological polar surface area (TPSA) is 129 Å². The summed E-state index contributed by atoms with van der Waals surface area (Å²) in [5.41, 5.74) is 0. The van der Waals surface area contributed by atoms with Gasteiger partial charge in [-0.15, -0.1) is 0 Å². The Kier molecular flexibility index (Phi) is 36.0. The Morgan fingerprint density at radius 3 is 1.84 bits per heavy atom. The van der Waals surface area contributed by atoms with Crippen molar-refractivity contribution in [1.29, 1.82) is 0 Å². The molecule has 0 spiro atoms. The second-order valence-electron chi connectivity index (χ2n) is 15.5. The molecule has 0 aliphatic rings. The van der Waals surface area contributed by atoms with Crippen molar-refractivity contribution in [1.82, 2.24) is 0 Å². The number of rotatable bonds is 38. The van der Waals surface area contributed by atoms with Crippen LogP contribution in [0.2, 0.25) is 0 Å². The van der Waals surface area contributed by atoms with Crippen LogP contribution >= 0.6 is 7.82 Å². The fourth-order valence-electron chi connectivity index (χ4n) is 5.39. The number of carbonyl (C=O) groups is 2. The van der Waals surface area contributed by atoms with Gasteiger partial charge in [-0.3, -0.25) is 18.6 Å². The van der Waals surface area contributed by atoms with E-state index in [0.29, 0.717) is 30.3 Å². The highest BCUT2D eigenvalue weighted by Gasteiger charge is 2.27. The first kappa shape index (κ1) is 54.4. The quantitative estimate of drug-likeness (QED) is 0.0156. The summed E-state index contributed by atoms with van der Waals surface area (Å²) in [5.74, 6) is -1.02. The van der Waals surface area contributed by atoms with Crippen molar-refractivity contribution in [3.05, 3.63) is 72.9 Å². The van der Waals surface area contributed by atoms with Gasteiger partial charge < -0.3 is 24.0 Å². The zero-order valence-electron chi connectivity index (χ0n) is 36.4. The van der Waals surface area contributed by atoms with Crippen molar-refractivity contribution >= 4 is 19.8 Å². The number of nitrogens with zero attached hydrogens (tertiary/aromatic N) is 1. The number of aliphatic hydroxyl groups is 1. The van der Waals surface area contributed by atoms with Gasteiger partial charge in [-0.2, -0.15) is 0 Å². The van der Waals surface area contributed by atoms with Crippen LogP contribution in [-0.2, 0) is 32.7 Å². The van der Waals surface area contributed by atoms with Gasteiger partial charge in [0.25, 0.3) is 0 Å². The van der Waals surface area contributed by atoms with Gasteiger partial charge in [-0.25, -0.2) is 4.57 Å². The molecule has 2 unspecified atom stereocenters. The Balaban J connectivity index is 4.60. The maximum Gasteiger partial charge on any atom is 0.472 e. The van der Waals surface area contributed by atoms with Crippen molar-refractivity contribution in [2.24, 2.45) is 0 Å². The monoisotopic (exact) mass is 823 g/mol. The highest BCUT2D eigenvalue weighted by atomic mass is 31.2. The lowest BCUT2D eigenvalue weighted by molar-refractivity contribution is -0.870. The minimum Gasteiger partial charge on any atom is -0.462 e. The molecule has 0 aromatic rings. The number of allylic oxidation sites excluding steroid dienone is 11. The van der Waals surface area contributed by atoms with Gasteiger partial charge in [0.05, 0.1) is 33.9 Å². The Bertz CT molecular complexity index is 1220. The van der Waals surface area contributed by atoms with Crippen LogP contribution in [0, 0.1) is 0 Å². The molecule has 0 bridgehead atoms. The van der Waals surface area contributed by atoms with E-state index in [1.165, 1.54) is 38.5 Å². The molecule has 0 saturated heterocycles. The number of carbonyl (C=O) groups excluding carboxylic acids is 2. The van der Waals surface area contributed by atoms with Crippen LogP contribution in [0.15, 0.2) is 72.9 Å². The van der Waals surface area contributed by atoms with Crippen molar-refractivity contribution < 1.29 is 47.2 Å². The van der Waals surface area contributed by atoms with E-state index in [-0.39, 0.29) is 26.1 Å². The molecule has 0 heterocycles. The number of esters is 2. The van der Waals surface area contributed by atoms with Crippen LogP contribution in [0.3, 0.4) is 0 Å². The maximum atomic E-state index is 12.7. The summed E-state index contributed by atoms with van der Waals surface area (Å²) in [6, 6.07) is 0. The number of hydrogen-bond donors (Lipinski definition) is 2. The number of phosphoric acid groups is 1. The van der Waals surface area contributed by atoms with Crippen LogP contribution in [-0.4, -0.2) is 86.1 Å². The van der Waals surface area contributed by atoms with Gasteiger partial charge in [-0.05, 0) is 70.6 Å². The van der Waals surface area contributed by atoms with E-state index < -0.39 is 38.6 Å². The van der Waals surface area contributed by atoms with Crippen LogP contribution in [0.5, 0.6) is 0 Å². The van der Waals surface area contributed by atoms with E-state index in [2.05, 4.69) is 62.5 Å². The minimum absolute atomic E-state index is 0.00857. The van der Waals surface area contributed by atoms with Crippen molar-refractivity contribution in [3.63, 3.8) is 0 Å². The fourth-order valence-corrected chi connectivity index (χ4v) is 6.13. The first-order valence-electron chi connectivity index (χ1n) is 21.8. The van der Waals surface area contributed by atoms with Gasteiger partial charge in [0.2, 0.25) is 0 Å². The van der Waals surface area contributed by atoms with Crippen LogP contribution in [0.25, 0.3) is 0 Å². The summed E-state index contributed by atoms with van der Waals surface area (Å²) in [7, 11) is 1.34. The third-order valence-corrected chi connectivity index (χ3v) is 9.81. The highest BCUT2D eigenvalue weighted by molar-refractivity contribution is 7.47. The fraction of sp³-hybridized carbons (Fsp3) is 0.696. The molecule has 0 aliphatic heterocycles. The number of quaternary nitrogens is 1. The average molecular weight is 823 g/mol. The van der Waals surface area contributed by atoms with E-state index in [1.54, 1.807) is 12.2 Å². The molecule has 0 amide bonds. The molecule has 57 heavy (non-hydrogen) atoms. The lowest BCUT2D eigenvalue weighted by Gasteiger charge is -2.24. The summed E-state index contributed by atoms with van der Waals surface area (Å²) in [6.45, 7) is 4.04. The normalized spacial score (nSPS) is 14.9. The van der Waals surface area contributed by atoms with Gasteiger partial charge in [-0.1, -0.05) is 138 Å². The average Bonchev–Trinajstić information content (AvgIpc) is 3.15. The molecule has 11 heteroatoms. The van der Waals surface area contributed by atoms with Gasteiger partial charge >= 0.3 is 19.8 Å². The molecule has 328 valence electrons. The summed E-state index contributed by atoms with van der Waals surface area (Å²) in [4.78, 5) is 35.4. The summed E-state index contributed by atoms with van der Waals surface area (Å²) < 4.78 is 34.1. The predicted octanol–water partition coefficient (Wildman–Crippen LogP) is 11.2. The lowest BCUT2D eigenvalue weighted by Crippen LogP contribution is -2.37. The van der Waals surface area contributed by atoms with E-state index in [4.69, 9.17) is 18.5 Å². The zero-order chi connectivity index (χ0) is 42.3. The molecular formula is C46H81NO9P+. The van der Waals surface area contributed by atoms with Crippen LogP contribution in [0.1, 0.15) is 149 Å². The number of unbranched alkanes of at least 4 members (excludes halogenated alkanes) is 11. The second-order valence-corrected chi connectivity index (χ2v) is 17.0. The maximum absolute atomic E-state index is 12.7. The molecule has 0 aliphatic carbocycles.